The zero-order valence-corrected chi connectivity index (χ0v) is 12.9. The molecule has 0 aliphatic carbocycles. The molecule has 1 aromatic rings. The SMILES string of the molecule is CC(C)c1ccc(C(C)(CBr)OC2COC2)cc1. The highest BCUT2D eigenvalue weighted by molar-refractivity contribution is 9.09. The average Bonchev–Trinajstić information content (AvgIpc) is 2.34. The fourth-order valence-electron chi connectivity index (χ4n) is 2.05. The summed E-state index contributed by atoms with van der Waals surface area (Å²) in [6.45, 7) is 7.98. The summed E-state index contributed by atoms with van der Waals surface area (Å²) in [7, 11) is 0. The van der Waals surface area contributed by atoms with Gasteiger partial charge in [-0.15, -0.1) is 0 Å². The van der Waals surface area contributed by atoms with Crippen molar-refractivity contribution in [2.45, 2.75) is 38.4 Å². The maximum Gasteiger partial charge on any atom is 0.105 e. The average molecular weight is 313 g/mol. The van der Waals surface area contributed by atoms with Gasteiger partial charge in [-0.2, -0.15) is 0 Å². The lowest BCUT2D eigenvalue weighted by Gasteiger charge is -2.37. The van der Waals surface area contributed by atoms with Crippen LogP contribution in [0.25, 0.3) is 0 Å². The van der Waals surface area contributed by atoms with E-state index in [4.69, 9.17) is 9.47 Å². The Morgan fingerprint density at radius 2 is 1.94 bits per heavy atom. The summed E-state index contributed by atoms with van der Waals surface area (Å²) in [5.74, 6) is 0.565. The molecule has 0 amide bonds. The van der Waals surface area contributed by atoms with Crippen molar-refractivity contribution in [2.24, 2.45) is 0 Å². The number of hydrogen-bond acceptors (Lipinski definition) is 2. The Labute approximate surface area is 118 Å². The van der Waals surface area contributed by atoms with Crippen LogP contribution in [0.15, 0.2) is 24.3 Å². The lowest BCUT2D eigenvalue weighted by atomic mass is 9.94. The molecule has 1 aliphatic rings. The van der Waals surface area contributed by atoms with Crippen LogP contribution in [0, 0.1) is 0 Å². The predicted octanol–water partition coefficient (Wildman–Crippen LogP) is 3.84. The minimum atomic E-state index is -0.274. The number of ether oxygens (including phenoxy) is 2. The molecule has 1 fully saturated rings. The van der Waals surface area contributed by atoms with E-state index in [1.54, 1.807) is 0 Å². The molecule has 3 heteroatoms. The summed E-state index contributed by atoms with van der Waals surface area (Å²) in [6.07, 6.45) is 0.234. The Balaban J connectivity index is 2.14. The van der Waals surface area contributed by atoms with Crippen LogP contribution in [0.1, 0.15) is 37.8 Å². The standard InChI is InChI=1S/C15H21BrO2/c1-11(2)12-4-6-13(7-5-12)15(3,10-16)18-14-8-17-9-14/h4-7,11,14H,8-10H2,1-3H3. The van der Waals surface area contributed by atoms with Crippen LogP contribution in [0.4, 0.5) is 0 Å². The largest absolute Gasteiger partial charge is 0.376 e. The Hall–Kier alpha value is -0.380. The molecule has 0 N–H and O–H groups in total. The van der Waals surface area contributed by atoms with Crippen LogP contribution in [0.3, 0.4) is 0 Å². The summed E-state index contributed by atoms with van der Waals surface area (Å²) >= 11 is 3.57. The van der Waals surface area contributed by atoms with Crippen molar-refractivity contribution in [3.05, 3.63) is 35.4 Å². The molecule has 2 nitrogen and oxygen atoms in total. The molecule has 2 rings (SSSR count). The van der Waals surface area contributed by atoms with E-state index >= 15 is 0 Å². The van der Waals surface area contributed by atoms with Gasteiger partial charge in [0.05, 0.1) is 13.2 Å². The molecule has 18 heavy (non-hydrogen) atoms. The number of rotatable bonds is 5. The fourth-order valence-corrected chi connectivity index (χ4v) is 2.50. The second-order valence-electron chi connectivity index (χ2n) is 5.42. The molecule has 1 aliphatic heterocycles. The molecule has 1 saturated heterocycles. The van der Waals surface area contributed by atoms with Crippen molar-refractivity contribution in [3.8, 4) is 0 Å². The molecular formula is C15H21BrO2. The topological polar surface area (TPSA) is 18.5 Å². The molecule has 0 bridgehead atoms. The molecular weight excluding hydrogens is 292 g/mol. The van der Waals surface area contributed by atoms with Gasteiger partial charge in [-0.05, 0) is 24.0 Å². The Kier molecular flexibility index (Phi) is 4.46. The first-order valence-corrected chi connectivity index (χ1v) is 7.59. The first-order valence-electron chi connectivity index (χ1n) is 6.47. The zero-order valence-electron chi connectivity index (χ0n) is 11.3. The van der Waals surface area contributed by atoms with Gasteiger partial charge in [-0.3, -0.25) is 0 Å². The number of benzene rings is 1. The quantitative estimate of drug-likeness (QED) is 0.769. The van der Waals surface area contributed by atoms with Gasteiger partial charge in [0.2, 0.25) is 0 Å². The molecule has 1 aromatic carbocycles. The molecule has 1 heterocycles. The van der Waals surface area contributed by atoms with Crippen LogP contribution in [-0.2, 0) is 15.1 Å². The van der Waals surface area contributed by atoms with E-state index in [9.17, 15) is 0 Å². The zero-order chi connectivity index (χ0) is 13.2. The molecule has 0 saturated carbocycles. The van der Waals surface area contributed by atoms with Gasteiger partial charge in [0, 0.05) is 5.33 Å². The summed E-state index contributed by atoms with van der Waals surface area (Å²) in [5, 5.41) is 0.789. The van der Waals surface area contributed by atoms with Gasteiger partial charge in [0.15, 0.2) is 0 Å². The molecule has 0 radical (unpaired) electrons. The maximum atomic E-state index is 6.14. The number of alkyl halides is 1. The highest BCUT2D eigenvalue weighted by Gasteiger charge is 2.33. The molecule has 0 spiro atoms. The predicted molar refractivity (Wildman–Crippen MR) is 77.4 cm³/mol. The van der Waals surface area contributed by atoms with Crippen molar-refractivity contribution in [1.29, 1.82) is 0 Å². The smallest absolute Gasteiger partial charge is 0.105 e. The van der Waals surface area contributed by atoms with Crippen LogP contribution >= 0.6 is 15.9 Å². The minimum Gasteiger partial charge on any atom is -0.376 e. The monoisotopic (exact) mass is 312 g/mol. The number of halogens is 1. The minimum absolute atomic E-state index is 0.234. The van der Waals surface area contributed by atoms with Crippen LogP contribution < -0.4 is 0 Å². The molecule has 1 atom stereocenters. The second kappa shape index (κ2) is 5.72. The highest BCUT2D eigenvalue weighted by Crippen LogP contribution is 2.31. The molecule has 100 valence electrons. The van der Waals surface area contributed by atoms with E-state index in [1.807, 2.05) is 0 Å². The fraction of sp³-hybridized carbons (Fsp3) is 0.600. The van der Waals surface area contributed by atoms with Gasteiger partial charge in [0.1, 0.15) is 11.7 Å². The van der Waals surface area contributed by atoms with Gasteiger partial charge in [-0.1, -0.05) is 54.0 Å². The van der Waals surface area contributed by atoms with E-state index in [1.165, 1.54) is 11.1 Å². The first kappa shape index (κ1) is 14.0. The van der Waals surface area contributed by atoms with Crippen molar-refractivity contribution >= 4 is 15.9 Å². The van der Waals surface area contributed by atoms with E-state index < -0.39 is 0 Å². The van der Waals surface area contributed by atoms with Crippen molar-refractivity contribution < 1.29 is 9.47 Å². The third-order valence-corrected chi connectivity index (χ3v) is 4.55. The highest BCUT2D eigenvalue weighted by atomic mass is 79.9. The summed E-state index contributed by atoms with van der Waals surface area (Å²) < 4.78 is 11.3. The summed E-state index contributed by atoms with van der Waals surface area (Å²) in [5.41, 5.74) is 2.31. The summed E-state index contributed by atoms with van der Waals surface area (Å²) in [4.78, 5) is 0. The molecule has 0 aromatic heterocycles. The van der Waals surface area contributed by atoms with E-state index in [0.29, 0.717) is 19.1 Å². The third kappa shape index (κ3) is 2.95. The third-order valence-electron chi connectivity index (χ3n) is 3.48. The van der Waals surface area contributed by atoms with Gasteiger partial charge in [0.25, 0.3) is 0 Å². The lowest BCUT2D eigenvalue weighted by Crippen LogP contribution is -2.43. The Morgan fingerprint density at radius 1 is 1.33 bits per heavy atom. The van der Waals surface area contributed by atoms with Gasteiger partial charge < -0.3 is 9.47 Å². The van der Waals surface area contributed by atoms with E-state index in [2.05, 4.69) is 61.0 Å². The molecule has 1 unspecified atom stereocenters. The number of hydrogen-bond donors (Lipinski definition) is 0. The van der Waals surface area contributed by atoms with Crippen molar-refractivity contribution in [3.63, 3.8) is 0 Å². The van der Waals surface area contributed by atoms with Gasteiger partial charge >= 0.3 is 0 Å². The van der Waals surface area contributed by atoms with E-state index in [0.717, 1.165) is 5.33 Å². The van der Waals surface area contributed by atoms with Crippen LogP contribution in [0.5, 0.6) is 0 Å². The second-order valence-corrected chi connectivity index (χ2v) is 5.98. The normalized spacial score (nSPS) is 19.6. The van der Waals surface area contributed by atoms with Crippen LogP contribution in [-0.4, -0.2) is 24.6 Å². The maximum absolute atomic E-state index is 6.14. The van der Waals surface area contributed by atoms with Gasteiger partial charge in [-0.25, -0.2) is 0 Å². The lowest BCUT2D eigenvalue weighted by molar-refractivity contribution is -0.183. The van der Waals surface area contributed by atoms with Crippen LogP contribution in [0.2, 0.25) is 0 Å². The van der Waals surface area contributed by atoms with E-state index in [-0.39, 0.29) is 11.7 Å². The first-order chi connectivity index (χ1) is 8.55. The Morgan fingerprint density at radius 3 is 2.33 bits per heavy atom. The summed E-state index contributed by atoms with van der Waals surface area (Å²) in [6, 6.07) is 8.75. The van der Waals surface area contributed by atoms with Crippen molar-refractivity contribution in [2.75, 3.05) is 18.5 Å². The Bertz CT molecular complexity index is 384. The van der Waals surface area contributed by atoms with Crippen molar-refractivity contribution in [1.82, 2.24) is 0 Å².